The first-order valence-electron chi connectivity index (χ1n) is 6.57. The molecule has 0 bridgehead atoms. The van der Waals surface area contributed by atoms with E-state index in [-0.39, 0.29) is 0 Å². The predicted octanol–water partition coefficient (Wildman–Crippen LogP) is 5.47. The molecule has 1 fully saturated rings. The Morgan fingerprint density at radius 1 is 1.24 bits per heavy atom. The van der Waals surface area contributed by atoms with Crippen LogP contribution in [0.5, 0.6) is 0 Å². The first-order chi connectivity index (χ1) is 8.19. The van der Waals surface area contributed by atoms with E-state index in [0.717, 1.165) is 16.9 Å². The quantitative estimate of drug-likeness (QED) is 0.649. The van der Waals surface area contributed by atoms with E-state index >= 15 is 0 Å². The van der Waals surface area contributed by atoms with E-state index in [9.17, 15) is 0 Å². The smallest absolute Gasteiger partial charge is 0.0406 e. The summed E-state index contributed by atoms with van der Waals surface area (Å²) in [4.78, 5) is 0.695. The van der Waals surface area contributed by atoms with Crippen LogP contribution in [-0.4, -0.2) is 4.83 Å². The highest BCUT2D eigenvalue weighted by atomic mass is 79.9. The number of rotatable bonds is 3. The Kier molecular flexibility index (Phi) is 4.93. The molecule has 0 heterocycles. The van der Waals surface area contributed by atoms with E-state index in [2.05, 4.69) is 35.0 Å². The molecule has 1 saturated carbocycles. The molecule has 0 radical (unpaired) electrons. The van der Waals surface area contributed by atoms with Gasteiger partial charge in [0, 0.05) is 9.85 Å². The third-order valence-electron chi connectivity index (χ3n) is 3.99. The Balaban J connectivity index is 1.98. The summed E-state index contributed by atoms with van der Waals surface area (Å²) in [5.41, 5.74) is 1.42. The van der Waals surface area contributed by atoms with Crippen molar-refractivity contribution < 1.29 is 0 Å². The Bertz CT molecular complexity index is 346. The van der Waals surface area contributed by atoms with Gasteiger partial charge in [-0.3, -0.25) is 0 Å². The lowest BCUT2D eigenvalue weighted by atomic mass is 9.77. The fourth-order valence-electron chi connectivity index (χ4n) is 2.83. The van der Waals surface area contributed by atoms with Gasteiger partial charge in [-0.2, -0.15) is 0 Å². The van der Waals surface area contributed by atoms with Crippen molar-refractivity contribution in [1.29, 1.82) is 0 Å². The van der Waals surface area contributed by atoms with Gasteiger partial charge in [0.1, 0.15) is 0 Å². The Labute approximate surface area is 118 Å². The summed E-state index contributed by atoms with van der Waals surface area (Å²) in [5.74, 6) is 1.72. The molecule has 17 heavy (non-hydrogen) atoms. The van der Waals surface area contributed by atoms with Crippen molar-refractivity contribution in [2.75, 3.05) is 0 Å². The molecular weight excluding hydrogens is 296 g/mol. The maximum atomic E-state index is 5.92. The average Bonchev–Trinajstić information content (AvgIpc) is 2.35. The van der Waals surface area contributed by atoms with Crippen molar-refractivity contribution in [3.63, 3.8) is 0 Å². The minimum atomic E-state index is 0.695. The normalized spacial score (nSPS) is 29.2. The van der Waals surface area contributed by atoms with Crippen molar-refractivity contribution in [2.24, 2.45) is 11.8 Å². The number of hydrogen-bond acceptors (Lipinski definition) is 0. The van der Waals surface area contributed by atoms with Gasteiger partial charge in [0.15, 0.2) is 0 Å². The minimum absolute atomic E-state index is 0.695. The lowest BCUT2D eigenvalue weighted by molar-refractivity contribution is 0.271. The van der Waals surface area contributed by atoms with E-state index in [1.807, 2.05) is 12.1 Å². The van der Waals surface area contributed by atoms with Gasteiger partial charge in [-0.1, -0.05) is 53.0 Å². The Hall–Kier alpha value is -0.0100. The largest absolute Gasteiger partial charge is 0.0888 e. The highest BCUT2D eigenvalue weighted by Gasteiger charge is 2.27. The lowest BCUT2D eigenvalue weighted by Gasteiger charge is -2.33. The van der Waals surface area contributed by atoms with Crippen molar-refractivity contribution in [3.8, 4) is 0 Å². The van der Waals surface area contributed by atoms with Gasteiger partial charge < -0.3 is 0 Å². The summed E-state index contributed by atoms with van der Waals surface area (Å²) in [6.45, 7) is 2.32. The fraction of sp³-hybridized carbons (Fsp3) is 0.600. The average molecular weight is 316 g/mol. The standard InChI is InChI=1S/C15H20BrCl/c1-2-11-5-8-15(16)13(9-11)10-12-3-6-14(17)7-4-12/h3-4,6-7,11,13,15H,2,5,8-10H2,1H3. The number of benzene rings is 1. The molecule has 0 aromatic heterocycles. The van der Waals surface area contributed by atoms with Crippen molar-refractivity contribution >= 4 is 27.5 Å². The van der Waals surface area contributed by atoms with Gasteiger partial charge in [0.05, 0.1) is 0 Å². The summed E-state index contributed by atoms with van der Waals surface area (Å²) >= 11 is 9.78. The summed E-state index contributed by atoms with van der Waals surface area (Å²) in [7, 11) is 0. The lowest BCUT2D eigenvalue weighted by Crippen LogP contribution is -2.26. The molecule has 0 N–H and O–H groups in total. The number of alkyl halides is 1. The summed E-state index contributed by atoms with van der Waals surface area (Å²) in [6, 6.07) is 8.33. The molecule has 0 nitrogen and oxygen atoms in total. The third kappa shape index (κ3) is 3.72. The van der Waals surface area contributed by atoms with E-state index < -0.39 is 0 Å². The van der Waals surface area contributed by atoms with Gasteiger partial charge in [-0.25, -0.2) is 0 Å². The van der Waals surface area contributed by atoms with Crippen LogP contribution >= 0.6 is 27.5 Å². The highest BCUT2D eigenvalue weighted by molar-refractivity contribution is 9.09. The van der Waals surface area contributed by atoms with Crippen LogP contribution in [0.1, 0.15) is 38.2 Å². The number of halogens is 2. The Morgan fingerprint density at radius 2 is 1.94 bits per heavy atom. The van der Waals surface area contributed by atoms with Crippen LogP contribution < -0.4 is 0 Å². The predicted molar refractivity (Wildman–Crippen MR) is 79.0 cm³/mol. The second-order valence-electron chi connectivity index (χ2n) is 5.19. The molecule has 0 amide bonds. The van der Waals surface area contributed by atoms with Crippen LogP contribution in [0.25, 0.3) is 0 Å². The molecule has 1 aromatic rings. The second kappa shape index (κ2) is 6.24. The van der Waals surface area contributed by atoms with Gasteiger partial charge in [0.2, 0.25) is 0 Å². The monoisotopic (exact) mass is 314 g/mol. The summed E-state index contributed by atoms with van der Waals surface area (Å²) < 4.78 is 0. The van der Waals surface area contributed by atoms with Gasteiger partial charge in [-0.05, 0) is 55.2 Å². The molecule has 0 spiro atoms. The Morgan fingerprint density at radius 3 is 2.59 bits per heavy atom. The van der Waals surface area contributed by atoms with E-state index in [4.69, 9.17) is 11.6 Å². The van der Waals surface area contributed by atoms with Crippen LogP contribution in [0.2, 0.25) is 5.02 Å². The molecule has 1 aliphatic rings. The third-order valence-corrected chi connectivity index (χ3v) is 5.44. The molecule has 0 aliphatic heterocycles. The highest BCUT2D eigenvalue weighted by Crippen LogP contribution is 2.37. The van der Waals surface area contributed by atoms with Crippen LogP contribution in [0.4, 0.5) is 0 Å². The summed E-state index contributed by atoms with van der Waals surface area (Å²) in [5, 5.41) is 0.833. The number of hydrogen-bond donors (Lipinski definition) is 0. The van der Waals surface area contributed by atoms with E-state index in [1.54, 1.807) is 0 Å². The minimum Gasteiger partial charge on any atom is -0.0888 e. The molecular formula is C15H20BrCl. The van der Waals surface area contributed by atoms with E-state index in [1.165, 1.54) is 37.7 Å². The second-order valence-corrected chi connectivity index (χ2v) is 6.81. The molecule has 0 saturated heterocycles. The van der Waals surface area contributed by atoms with E-state index in [0.29, 0.717) is 4.83 Å². The van der Waals surface area contributed by atoms with Crippen molar-refractivity contribution in [2.45, 2.75) is 43.9 Å². The maximum Gasteiger partial charge on any atom is 0.0406 e. The molecule has 2 rings (SSSR count). The molecule has 3 atom stereocenters. The fourth-order valence-corrected chi connectivity index (χ4v) is 3.62. The van der Waals surface area contributed by atoms with Gasteiger partial charge in [-0.15, -0.1) is 0 Å². The molecule has 94 valence electrons. The van der Waals surface area contributed by atoms with Crippen LogP contribution in [-0.2, 0) is 6.42 Å². The van der Waals surface area contributed by atoms with Crippen molar-refractivity contribution in [3.05, 3.63) is 34.9 Å². The topological polar surface area (TPSA) is 0 Å². The zero-order valence-electron chi connectivity index (χ0n) is 10.3. The zero-order chi connectivity index (χ0) is 12.3. The van der Waals surface area contributed by atoms with Crippen LogP contribution in [0.15, 0.2) is 24.3 Å². The van der Waals surface area contributed by atoms with Crippen LogP contribution in [0, 0.1) is 11.8 Å². The van der Waals surface area contributed by atoms with Crippen molar-refractivity contribution in [1.82, 2.24) is 0 Å². The summed E-state index contributed by atoms with van der Waals surface area (Å²) in [6.07, 6.45) is 6.61. The molecule has 3 unspecified atom stereocenters. The molecule has 2 heteroatoms. The molecule has 1 aromatic carbocycles. The maximum absolute atomic E-state index is 5.92. The van der Waals surface area contributed by atoms with Crippen LogP contribution in [0.3, 0.4) is 0 Å². The first-order valence-corrected chi connectivity index (χ1v) is 7.87. The van der Waals surface area contributed by atoms with Gasteiger partial charge >= 0.3 is 0 Å². The van der Waals surface area contributed by atoms with Gasteiger partial charge in [0.25, 0.3) is 0 Å². The zero-order valence-corrected chi connectivity index (χ0v) is 12.7. The first kappa shape index (κ1) is 13.4. The SMILES string of the molecule is CCC1CCC(Br)C(Cc2ccc(Cl)cc2)C1. The molecule has 1 aliphatic carbocycles.